The Morgan fingerprint density at radius 2 is 2.08 bits per heavy atom. The molecule has 2 aliphatic heterocycles. The van der Waals surface area contributed by atoms with Crippen molar-refractivity contribution in [1.82, 2.24) is 14.8 Å². The van der Waals surface area contributed by atoms with E-state index >= 15 is 0 Å². The van der Waals surface area contributed by atoms with Gasteiger partial charge >= 0.3 is 0 Å². The minimum atomic E-state index is -0.435. The van der Waals surface area contributed by atoms with Gasteiger partial charge in [0.15, 0.2) is 0 Å². The number of aromatic hydroxyl groups is 1. The number of pyridine rings is 1. The van der Waals surface area contributed by atoms with Crippen LogP contribution >= 0.6 is 0 Å². The number of carbonyl (C=O) groups is 2. The maximum atomic E-state index is 12.9. The highest BCUT2D eigenvalue weighted by Gasteiger charge is 2.44. The molecule has 26 heavy (non-hydrogen) atoms. The van der Waals surface area contributed by atoms with Crippen molar-refractivity contribution in [2.75, 3.05) is 26.2 Å². The third-order valence-electron chi connectivity index (χ3n) is 6.01. The van der Waals surface area contributed by atoms with Gasteiger partial charge in [0.05, 0.1) is 5.56 Å². The first kappa shape index (κ1) is 17.1. The summed E-state index contributed by atoms with van der Waals surface area (Å²) in [6, 6.07) is 1.03. The number of amides is 2. The lowest BCUT2D eigenvalue weighted by atomic mass is 9.73. The summed E-state index contributed by atoms with van der Waals surface area (Å²) in [5.41, 5.74) is -0.354. The summed E-state index contributed by atoms with van der Waals surface area (Å²) in [7, 11) is 0. The highest BCUT2D eigenvalue weighted by Crippen LogP contribution is 2.41. The Balaban J connectivity index is 1.50. The van der Waals surface area contributed by atoms with Crippen LogP contribution in [-0.4, -0.2) is 57.9 Å². The molecule has 2 amide bonds. The molecule has 0 bridgehead atoms. The van der Waals surface area contributed by atoms with E-state index < -0.39 is 5.56 Å². The van der Waals surface area contributed by atoms with E-state index in [0.717, 1.165) is 38.4 Å². The summed E-state index contributed by atoms with van der Waals surface area (Å²) in [6.45, 7) is 2.81. The number of likely N-dealkylation sites (tertiary alicyclic amines) is 2. The lowest BCUT2D eigenvalue weighted by molar-refractivity contribution is -0.139. The molecule has 1 aromatic rings. The van der Waals surface area contributed by atoms with Gasteiger partial charge in [0, 0.05) is 50.3 Å². The first-order valence-electron chi connectivity index (χ1n) is 9.45. The molecule has 1 spiro atoms. The molecule has 1 aliphatic carbocycles. The lowest BCUT2D eigenvalue weighted by Crippen LogP contribution is -2.55. The second-order valence-electron chi connectivity index (χ2n) is 8.14. The lowest BCUT2D eigenvalue weighted by Gasteiger charge is -2.48. The van der Waals surface area contributed by atoms with E-state index in [4.69, 9.17) is 0 Å². The van der Waals surface area contributed by atoms with Crippen LogP contribution in [0.2, 0.25) is 0 Å². The zero-order valence-corrected chi connectivity index (χ0v) is 14.9. The van der Waals surface area contributed by atoms with Gasteiger partial charge in [-0.2, -0.15) is 0 Å². The highest BCUT2D eigenvalue weighted by molar-refractivity contribution is 5.96. The molecule has 7 nitrogen and oxygen atoms in total. The number of nitrogens with one attached hydrogen (secondary N) is 1. The first-order chi connectivity index (χ1) is 12.5. The van der Waals surface area contributed by atoms with Crippen LogP contribution in [0.4, 0.5) is 0 Å². The van der Waals surface area contributed by atoms with Crippen LogP contribution in [0.5, 0.6) is 5.75 Å². The summed E-state index contributed by atoms with van der Waals surface area (Å²) in [6.07, 6.45) is 6.99. The topological polar surface area (TPSA) is 93.7 Å². The average molecular weight is 359 g/mol. The molecular formula is C19H25N3O4. The van der Waals surface area contributed by atoms with Crippen molar-refractivity contribution in [3.05, 3.63) is 28.2 Å². The third kappa shape index (κ3) is 3.34. The number of piperidine rings is 2. The zero-order chi connectivity index (χ0) is 18.3. The molecule has 1 saturated carbocycles. The van der Waals surface area contributed by atoms with Gasteiger partial charge < -0.3 is 19.9 Å². The van der Waals surface area contributed by atoms with Gasteiger partial charge in [-0.25, -0.2) is 0 Å². The van der Waals surface area contributed by atoms with E-state index in [2.05, 4.69) is 4.98 Å². The molecule has 4 rings (SSSR count). The SMILES string of the molecule is O=C1CC[C@]2(CCCN(C(=O)c3c[nH]c(=O)cc3O)C2)CN1CC1CC1. The van der Waals surface area contributed by atoms with Gasteiger partial charge in [0.25, 0.3) is 11.5 Å². The Bertz CT molecular complexity index is 785. The second-order valence-corrected chi connectivity index (χ2v) is 8.14. The maximum Gasteiger partial charge on any atom is 0.259 e. The van der Waals surface area contributed by atoms with Crippen molar-refractivity contribution in [3.8, 4) is 5.75 Å². The summed E-state index contributed by atoms with van der Waals surface area (Å²) in [5.74, 6) is 0.355. The van der Waals surface area contributed by atoms with Crippen LogP contribution in [0.25, 0.3) is 0 Å². The predicted molar refractivity (Wildman–Crippen MR) is 94.8 cm³/mol. The molecule has 3 fully saturated rings. The summed E-state index contributed by atoms with van der Waals surface area (Å²) < 4.78 is 0. The first-order valence-corrected chi connectivity index (χ1v) is 9.45. The molecule has 3 aliphatic rings. The van der Waals surface area contributed by atoms with Crippen LogP contribution in [0.1, 0.15) is 48.9 Å². The Kier molecular flexibility index (Phi) is 4.25. The van der Waals surface area contributed by atoms with Crippen LogP contribution in [0.15, 0.2) is 17.1 Å². The number of aromatic amines is 1. The van der Waals surface area contributed by atoms with E-state index in [-0.39, 0.29) is 28.5 Å². The number of nitrogens with zero attached hydrogens (tertiary/aromatic N) is 2. The van der Waals surface area contributed by atoms with Crippen molar-refractivity contribution < 1.29 is 14.7 Å². The average Bonchev–Trinajstić information content (AvgIpc) is 3.42. The number of aromatic nitrogens is 1. The second kappa shape index (κ2) is 6.45. The van der Waals surface area contributed by atoms with Gasteiger partial charge in [0.2, 0.25) is 5.91 Å². The molecule has 0 aromatic carbocycles. The molecule has 140 valence electrons. The number of H-pyrrole nitrogens is 1. The van der Waals surface area contributed by atoms with Crippen LogP contribution in [0.3, 0.4) is 0 Å². The van der Waals surface area contributed by atoms with E-state index in [1.165, 1.54) is 19.0 Å². The van der Waals surface area contributed by atoms with Crippen molar-refractivity contribution in [2.45, 2.75) is 38.5 Å². The quantitative estimate of drug-likeness (QED) is 0.851. The van der Waals surface area contributed by atoms with Gasteiger partial charge in [-0.1, -0.05) is 0 Å². The predicted octanol–water partition coefficient (Wildman–Crippen LogP) is 1.34. The largest absolute Gasteiger partial charge is 0.507 e. The van der Waals surface area contributed by atoms with Crippen molar-refractivity contribution in [3.63, 3.8) is 0 Å². The number of carbonyl (C=O) groups excluding carboxylic acids is 2. The molecule has 1 atom stereocenters. The fourth-order valence-corrected chi connectivity index (χ4v) is 4.40. The van der Waals surface area contributed by atoms with Gasteiger partial charge in [-0.05, 0) is 38.0 Å². The van der Waals surface area contributed by atoms with Crippen LogP contribution < -0.4 is 5.56 Å². The van der Waals surface area contributed by atoms with E-state index in [9.17, 15) is 19.5 Å². The highest BCUT2D eigenvalue weighted by atomic mass is 16.3. The molecular weight excluding hydrogens is 334 g/mol. The molecule has 2 saturated heterocycles. The van der Waals surface area contributed by atoms with Crippen molar-refractivity contribution in [1.29, 1.82) is 0 Å². The minimum Gasteiger partial charge on any atom is -0.507 e. The molecule has 0 radical (unpaired) electrons. The van der Waals surface area contributed by atoms with Gasteiger partial charge in [0.1, 0.15) is 5.75 Å². The maximum absolute atomic E-state index is 12.9. The summed E-state index contributed by atoms with van der Waals surface area (Å²) in [5, 5.41) is 9.96. The van der Waals surface area contributed by atoms with Crippen molar-refractivity contribution in [2.24, 2.45) is 11.3 Å². The van der Waals surface area contributed by atoms with Gasteiger partial charge in [-0.15, -0.1) is 0 Å². The van der Waals surface area contributed by atoms with E-state index in [0.29, 0.717) is 25.4 Å². The minimum absolute atomic E-state index is 0.0471. The summed E-state index contributed by atoms with van der Waals surface area (Å²) >= 11 is 0. The van der Waals surface area contributed by atoms with E-state index in [1.807, 2.05) is 4.90 Å². The Morgan fingerprint density at radius 1 is 1.27 bits per heavy atom. The monoisotopic (exact) mass is 359 g/mol. The fourth-order valence-electron chi connectivity index (χ4n) is 4.40. The molecule has 7 heteroatoms. The zero-order valence-electron chi connectivity index (χ0n) is 14.9. The third-order valence-corrected chi connectivity index (χ3v) is 6.01. The standard InChI is InChI=1S/C19H25N3O4/c23-15-8-16(24)20-9-14(15)18(26)21-7-1-5-19(11-21)6-4-17(25)22(12-19)10-13-2-3-13/h8-9,13H,1-7,10-12H2,(H2,20,23,24)/t19-/m0/s1. The summed E-state index contributed by atoms with van der Waals surface area (Å²) in [4.78, 5) is 42.6. The molecule has 0 unspecified atom stereocenters. The number of hydrogen-bond acceptors (Lipinski definition) is 4. The number of hydrogen-bond donors (Lipinski definition) is 2. The van der Waals surface area contributed by atoms with Gasteiger partial charge in [-0.3, -0.25) is 14.4 Å². The number of rotatable bonds is 3. The smallest absolute Gasteiger partial charge is 0.259 e. The molecule has 3 heterocycles. The molecule has 1 aromatic heterocycles. The fraction of sp³-hybridized carbons (Fsp3) is 0.632. The normalized spacial score (nSPS) is 26.4. The van der Waals surface area contributed by atoms with Crippen molar-refractivity contribution >= 4 is 11.8 Å². The molecule has 2 N–H and O–H groups in total. The van der Waals surface area contributed by atoms with Crippen LogP contribution in [0, 0.1) is 11.3 Å². The Morgan fingerprint density at radius 3 is 2.81 bits per heavy atom. The van der Waals surface area contributed by atoms with E-state index in [1.54, 1.807) is 4.90 Å². The Labute approximate surface area is 152 Å². The van der Waals surface area contributed by atoms with Crippen LogP contribution in [-0.2, 0) is 4.79 Å². The Hall–Kier alpha value is -2.31.